The molecule has 1 heterocycles. The van der Waals surface area contributed by atoms with E-state index in [0.717, 1.165) is 17.4 Å². The van der Waals surface area contributed by atoms with Gasteiger partial charge in [0.1, 0.15) is 0 Å². The minimum absolute atomic E-state index is 0.128. The van der Waals surface area contributed by atoms with Crippen molar-refractivity contribution in [3.05, 3.63) is 0 Å². The lowest BCUT2D eigenvalue weighted by Gasteiger charge is -2.21. The van der Waals surface area contributed by atoms with Crippen LogP contribution in [0.25, 0.3) is 0 Å². The topological polar surface area (TPSA) is 72.1 Å². The van der Waals surface area contributed by atoms with Gasteiger partial charge in [0.2, 0.25) is 11.0 Å². The van der Waals surface area contributed by atoms with Crippen molar-refractivity contribution in [2.45, 2.75) is 30.4 Å². The highest BCUT2D eigenvalue weighted by molar-refractivity contribution is 8.02. The molecule has 0 saturated carbocycles. The number of anilines is 1. The van der Waals surface area contributed by atoms with E-state index in [0.29, 0.717) is 5.13 Å². The zero-order valence-electron chi connectivity index (χ0n) is 9.64. The molecule has 1 amide bonds. The van der Waals surface area contributed by atoms with Crippen molar-refractivity contribution in [3.63, 3.8) is 0 Å². The number of aromatic nitrogens is 2. The minimum atomic E-state index is -0.146. The van der Waals surface area contributed by atoms with E-state index in [1.165, 1.54) is 23.1 Å². The van der Waals surface area contributed by atoms with Crippen molar-refractivity contribution >= 4 is 34.1 Å². The van der Waals surface area contributed by atoms with Crippen LogP contribution in [-0.4, -0.2) is 39.3 Å². The average molecular weight is 260 g/mol. The second kappa shape index (κ2) is 6.05. The molecule has 0 saturated heterocycles. The molecule has 1 aromatic heterocycles. The molecule has 0 aliphatic heterocycles. The van der Waals surface area contributed by atoms with E-state index in [4.69, 9.17) is 5.73 Å². The molecular weight excluding hydrogens is 244 g/mol. The zero-order chi connectivity index (χ0) is 12.1. The van der Waals surface area contributed by atoms with Gasteiger partial charge in [-0.2, -0.15) is 0 Å². The summed E-state index contributed by atoms with van der Waals surface area (Å²) in [5.74, 6) is 0.128. The Morgan fingerprint density at radius 3 is 2.56 bits per heavy atom. The van der Waals surface area contributed by atoms with Crippen molar-refractivity contribution in [1.82, 2.24) is 15.1 Å². The summed E-state index contributed by atoms with van der Waals surface area (Å²) in [7, 11) is 0. The Balaban J connectivity index is 2.57. The van der Waals surface area contributed by atoms with Crippen molar-refractivity contribution in [2.24, 2.45) is 0 Å². The molecule has 0 radical (unpaired) electrons. The maximum Gasteiger partial charge on any atom is 0.235 e. The summed E-state index contributed by atoms with van der Waals surface area (Å²) in [6.07, 6.45) is 0. The number of carbonyl (C=O) groups excluding carboxylic acids is 1. The summed E-state index contributed by atoms with van der Waals surface area (Å²) < 4.78 is 0.741. The molecule has 90 valence electrons. The van der Waals surface area contributed by atoms with E-state index in [1.54, 1.807) is 0 Å². The molecule has 0 bridgehead atoms. The SMILES string of the molecule is CCN(CC)C(=O)C(C)Sc1nnc(N)s1. The Hall–Kier alpha value is -0.820. The molecule has 0 aliphatic rings. The molecule has 1 aromatic rings. The van der Waals surface area contributed by atoms with Crippen LogP contribution in [0.15, 0.2) is 4.34 Å². The third kappa shape index (κ3) is 3.34. The second-order valence-corrected chi connectivity index (χ2v) is 5.77. The van der Waals surface area contributed by atoms with Gasteiger partial charge < -0.3 is 10.6 Å². The van der Waals surface area contributed by atoms with E-state index in [1.807, 2.05) is 25.7 Å². The maximum atomic E-state index is 11.9. The molecule has 16 heavy (non-hydrogen) atoms. The Kier molecular flexibility index (Phi) is 5.01. The molecule has 0 aromatic carbocycles. The fraction of sp³-hybridized carbons (Fsp3) is 0.667. The van der Waals surface area contributed by atoms with Gasteiger partial charge in [0, 0.05) is 13.1 Å². The summed E-state index contributed by atoms with van der Waals surface area (Å²) in [6, 6.07) is 0. The first-order valence-corrected chi connectivity index (χ1v) is 6.82. The molecule has 0 fully saturated rings. The Labute approximate surface area is 103 Å². The summed E-state index contributed by atoms with van der Waals surface area (Å²) in [5.41, 5.74) is 5.48. The number of nitrogens with zero attached hydrogens (tertiary/aromatic N) is 3. The minimum Gasteiger partial charge on any atom is -0.374 e. The van der Waals surface area contributed by atoms with Crippen LogP contribution in [-0.2, 0) is 4.79 Å². The predicted molar refractivity (Wildman–Crippen MR) is 67.6 cm³/mol. The molecule has 0 spiro atoms. The summed E-state index contributed by atoms with van der Waals surface area (Å²) in [4.78, 5) is 13.8. The van der Waals surface area contributed by atoms with Crippen LogP contribution < -0.4 is 5.73 Å². The number of amides is 1. The number of rotatable bonds is 5. The fourth-order valence-corrected chi connectivity index (χ4v) is 3.13. The van der Waals surface area contributed by atoms with Gasteiger partial charge in [-0.1, -0.05) is 23.1 Å². The Morgan fingerprint density at radius 2 is 2.12 bits per heavy atom. The van der Waals surface area contributed by atoms with Crippen LogP contribution in [0, 0.1) is 0 Å². The summed E-state index contributed by atoms with van der Waals surface area (Å²) in [6.45, 7) is 7.29. The molecule has 7 heteroatoms. The largest absolute Gasteiger partial charge is 0.374 e. The molecule has 5 nitrogen and oxygen atoms in total. The van der Waals surface area contributed by atoms with Crippen LogP contribution in [0.4, 0.5) is 5.13 Å². The summed E-state index contributed by atoms with van der Waals surface area (Å²) in [5, 5.41) is 7.89. The smallest absolute Gasteiger partial charge is 0.235 e. The lowest BCUT2D eigenvalue weighted by molar-refractivity contribution is -0.129. The third-order valence-electron chi connectivity index (χ3n) is 2.12. The van der Waals surface area contributed by atoms with Gasteiger partial charge in [0.25, 0.3) is 0 Å². The number of hydrogen-bond donors (Lipinski definition) is 1. The van der Waals surface area contributed by atoms with Gasteiger partial charge in [-0.05, 0) is 20.8 Å². The van der Waals surface area contributed by atoms with Crippen molar-refractivity contribution in [1.29, 1.82) is 0 Å². The van der Waals surface area contributed by atoms with Gasteiger partial charge in [-0.25, -0.2) is 0 Å². The van der Waals surface area contributed by atoms with Crippen molar-refractivity contribution in [3.8, 4) is 0 Å². The number of carbonyl (C=O) groups is 1. The third-order valence-corrected chi connectivity index (χ3v) is 4.05. The molecule has 0 aliphatic carbocycles. The Morgan fingerprint density at radius 1 is 1.50 bits per heavy atom. The van der Waals surface area contributed by atoms with E-state index in [2.05, 4.69) is 10.2 Å². The molecule has 1 unspecified atom stereocenters. The monoisotopic (exact) mass is 260 g/mol. The predicted octanol–water partition coefficient (Wildman–Crippen LogP) is 1.47. The van der Waals surface area contributed by atoms with Crippen molar-refractivity contribution in [2.75, 3.05) is 18.8 Å². The zero-order valence-corrected chi connectivity index (χ0v) is 11.3. The van der Waals surface area contributed by atoms with Crippen LogP contribution in [0.1, 0.15) is 20.8 Å². The molecule has 2 N–H and O–H groups in total. The highest BCUT2D eigenvalue weighted by Crippen LogP contribution is 2.28. The number of nitrogen functional groups attached to an aromatic ring is 1. The highest BCUT2D eigenvalue weighted by atomic mass is 32.2. The van der Waals surface area contributed by atoms with Crippen LogP contribution in [0.3, 0.4) is 0 Å². The van der Waals surface area contributed by atoms with Gasteiger partial charge in [-0.15, -0.1) is 10.2 Å². The first-order chi connectivity index (χ1) is 7.58. The van der Waals surface area contributed by atoms with E-state index in [9.17, 15) is 4.79 Å². The van der Waals surface area contributed by atoms with Gasteiger partial charge >= 0.3 is 0 Å². The fourth-order valence-electron chi connectivity index (χ4n) is 1.26. The first kappa shape index (κ1) is 13.2. The van der Waals surface area contributed by atoms with Crippen LogP contribution in [0.5, 0.6) is 0 Å². The highest BCUT2D eigenvalue weighted by Gasteiger charge is 2.20. The van der Waals surface area contributed by atoms with Gasteiger partial charge in [-0.3, -0.25) is 4.79 Å². The number of thioether (sulfide) groups is 1. The molecular formula is C9H16N4OS2. The van der Waals surface area contributed by atoms with E-state index < -0.39 is 0 Å². The Bertz CT molecular complexity index is 351. The quantitative estimate of drug-likeness (QED) is 0.812. The lowest BCUT2D eigenvalue weighted by Crippen LogP contribution is -2.36. The van der Waals surface area contributed by atoms with Crippen LogP contribution >= 0.6 is 23.1 Å². The van der Waals surface area contributed by atoms with Crippen molar-refractivity contribution < 1.29 is 4.79 Å². The first-order valence-electron chi connectivity index (χ1n) is 5.12. The van der Waals surface area contributed by atoms with E-state index in [-0.39, 0.29) is 11.2 Å². The second-order valence-electron chi connectivity index (χ2n) is 3.18. The van der Waals surface area contributed by atoms with E-state index >= 15 is 0 Å². The normalized spacial score (nSPS) is 12.4. The number of hydrogen-bond acceptors (Lipinski definition) is 6. The van der Waals surface area contributed by atoms with Gasteiger partial charge in [0.15, 0.2) is 4.34 Å². The average Bonchev–Trinajstić information content (AvgIpc) is 2.65. The van der Waals surface area contributed by atoms with Crippen LogP contribution in [0.2, 0.25) is 0 Å². The summed E-state index contributed by atoms with van der Waals surface area (Å²) >= 11 is 2.71. The maximum absolute atomic E-state index is 11.9. The standard InChI is InChI=1S/C9H16N4OS2/c1-4-13(5-2)7(14)6(3)15-9-12-11-8(10)16-9/h6H,4-5H2,1-3H3,(H2,10,11). The lowest BCUT2D eigenvalue weighted by atomic mass is 10.4. The molecule has 1 rings (SSSR count). The molecule has 1 atom stereocenters. The van der Waals surface area contributed by atoms with Gasteiger partial charge in [0.05, 0.1) is 5.25 Å². The number of nitrogens with two attached hydrogens (primary N) is 1.